The molecule has 0 saturated heterocycles. The van der Waals surface area contributed by atoms with Crippen molar-refractivity contribution in [1.82, 2.24) is 9.97 Å². The van der Waals surface area contributed by atoms with Gasteiger partial charge in [-0.3, -0.25) is 0 Å². The fourth-order valence-electron chi connectivity index (χ4n) is 0.914. The average Bonchev–Trinajstić information content (AvgIpc) is 2.15. The quantitative estimate of drug-likeness (QED) is 0.762. The summed E-state index contributed by atoms with van der Waals surface area (Å²) in [6.45, 7) is 0. The molecular weight excluding hydrogens is 170 g/mol. The van der Waals surface area contributed by atoms with Crippen LogP contribution in [0.5, 0.6) is 0 Å². The van der Waals surface area contributed by atoms with Gasteiger partial charge in [-0.1, -0.05) is 0 Å². The van der Waals surface area contributed by atoms with Crippen molar-refractivity contribution in [2.45, 2.75) is 12.5 Å². The van der Waals surface area contributed by atoms with Crippen molar-refractivity contribution in [2.24, 2.45) is 5.73 Å². The zero-order valence-corrected chi connectivity index (χ0v) is 7.92. The lowest BCUT2D eigenvalue weighted by molar-refractivity contribution is 0.697. The zero-order valence-electron chi connectivity index (χ0n) is 7.10. The Morgan fingerprint density at radius 1 is 1.50 bits per heavy atom. The number of rotatable bonds is 4. The zero-order chi connectivity index (χ0) is 8.81. The minimum absolute atomic E-state index is 0.0821. The molecule has 0 saturated carbocycles. The third-order valence-electron chi connectivity index (χ3n) is 1.64. The summed E-state index contributed by atoms with van der Waals surface area (Å²) in [4.78, 5) is 7.83. The maximum atomic E-state index is 5.89. The summed E-state index contributed by atoms with van der Waals surface area (Å²) in [6, 6.07) is 0.0821. The van der Waals surface area contributed by atoms with Crippen molar-refractivity contribution >= 4 is 11.8 Å². The third kappa shape index (κ3) is 2.79. The Labute approximate surface area is 76.8 Å². The summed E-state index contributed by atoms with van der Waals surface area (Å²) in [5.74, 6) is 1.08. The summed E-state index contributed by atoms with van der Waals surface area (Å²) >= 11 is 1.80. The van der Waals surface area contributed by atoms with E-state index in [2.05, 4.69) is 16.2 Å². The molecule has 3 nitrogen and oxygen atoms in total. The maximum Gasteiger partial charge on any atom is 0.115 e. The second-order valence-electron chi connectivity index (χ2n) is 2.56. The molecule has 1 heterocycles. The van der Waals surface area contributed by atoms with Crippen LogP contribution < -0.4 is 5.73 Å². The van der Waals surface area contributed by atoms with E-state index in [1.54, 1.807) is 24.2 Å². The van der Waals surface area contributed by atoms with Gasteiger partial charge in [0.2, 0.25) is 0 Å². The van der Waals surface area contributed by atoms with Gasteiger partial charge in [-0.05, 0) is 18.4 Å². The van der Waals surface area contributed by atoms with Gasteiger partial charge in [-0.25, -0.2) is 9.97 Å². The summed E-state index contributed by atoms with van der Waals surface area (Å²) in [5.41, 5.74) is 6.91. The second-order valence-corrected chi connectivity index (χ2v) is 3.55. The first-order valence-corrected chi connectivity index (χ1v) is 5.23. The highest BCUT2D eigenvalue weighted by Gasteiger charge is 2.04. The van der Waals surface area contributed by atoms with Gasteiger partial charge in [0.25, 0.3) is 0 Å². The first-order chi connectivity index (χ1) is 5.84. The monoisotopic (exact) mass is 183 g/mol. The Morgan fingerprint density at radius 3 is 2.75 bits per heavy atom. The molecule has 12 heavy (non-hydrogen) atoms. The molecule has 1 unspecified atom stereocenters. The van der Waals surface area contributed by atoms with Crippen LogP contribution in [0.4, 0.5) is 0 Å². The van der Waals surface area contributed by atoms with Crippen LogP contribution >= 0.6 is 11.8 Å². The SMILES string of the molecule is CSCCC(N)c1cncnc1. The molecule has 0 aromatic carbocycles. The molecule has 0 bridgehead atoms. The lowest BCUT2D eigenvalue weighted by atomic mass is 10.1. The fourth-order valence-corrected chi connectivity index (χ4v) is 1.40. The summed E-state index contributed by atoms with van der Waals surface area (Å²) in [6.07, 6.45) is 8.13. The Morgan fingerprint density at radius 2 is 2.17 bits per heavy atom. The third-order valence-corrected chi connectivity index (χ3v) is 2.29. The van der Waals surface area contributed by atoms with E-state index in [-0.39, 0.29) is 6.04 Å². The normalized spacial score (nSPS) is 12.8. The number of hydrogen-bond donors (Lipinski definition) is 1. The molecule has 4 heteroatoms. The molecule has 0 spiro atoms. The van der Waals surface area contributed by atoms with E-state index < -0.39 is 0 Å². The molecule has 0 aliphatic carbocycles. The largest absolute Gasteiger partial charge is 0.324 e. The van der Waals surface area contributed by atoms with Crippen molar-refractivity contribution in [3.8, 4) is 0 Å². The van der Waals surface area contributed by atoms with Crippen molar-refractivity contribution in [3.63, 3.8) is 0 Å². The van der Waals surface area contributed by atoms with E-state index >= 15 is 0 Å². The summed E-state index contributed by atoms with van der Waals surface area (Å²) in [7, 11) is 0. The number of thioether (sulfide) groups is 1. The summed E-state index contributed by atoms with van der Waals surface area (Å²) < 4.78 is 0. The van der Waals surface area contributed by atoms with Crippen LogP contribution in [-0.2, 0) is 0 Å². The predicted octanol–water partition coefficient (Wildman–Crippen LogP) is 1.23. The number of hydrogen-bond acceptors (Lipinski definition) is 4. The molecule has 1 aromatic rings. The van der Waals surface area contributed by atoms with Gasteiger partial charge in [0.05, 0.1) is 0 Å². The van der Waals surface area contributed by atoms with Gasteiger partial charge >= 0.3 is 0 Å². The topological polar surface area (TPSA) is 51.8 Å². The van der Waals surface area contributed by atoms with Crippen molar-refractivity contribution in [3.05, 3.63) is 24.3 Å². The summed E-state index contributed by atoms with van der Waals surface area (Å²) in [5, 5.41) is 0. The number of nitrogens with two attached hydrogens (primary N) is 1. The first-order valence-electron chi connectivity index (χ1n) is 3.84. The minimum Gasteiger partial charge on any atom is -0.324 e. The molecule has 2 N–H and O–H groups in total. The highest BCUT2D eigenvalue weighted by molar-refractivity contribution is 7.98. The van der Waals surface area contributed by atoms with Crippen LogP contribution in [0.1, 0.15) is 18.0 Å². The van der Waals surface area contributed by atoms with Crippen LogP contribution in [0.3, 0.4) is 0 Å². The average molecular weight is 183 g/mol. The van der Waals surface area contributed by atoms with Crippen molar-refractivity contribution < 1.29 is 0 Å². The lowest BCUT2D eigenvalue weighted by Gasteiger charge is -2.08. The van der Waals surface area contributed by atoms with Gasteiger partial charge in [0.1, 0.15) is 6.33 Å². The molecular formula is C8H13N3S. The first kappa shape index (κ1) is 9.48. The van der Waals surface area contributed by atoms with E-state index in [1.807, 2.05) is 0 Å². The highest BCUT2D eigenvalue weighted by Crippen LogP contribution is 2.13. The van der Waals surface area contributed by atoms with Crippen LogP contribution in [0.15, 0.2) is 18.7 Å². The van der Waals surface area contributed by atoms with Gasteiger partial charge in [0, 0.05) is 24.0 Å². The molecule has 0 amide bonds. The molecule has 0 fully saturated rings. The smallest absolute Gasteiger partial charge is 0.115 e. The molecule has 1 aromatic heterocycles. The van der Waals surface area contributed by atoms with Gasteiger partial charge in [0.15, 0.2) is 0 Å². The highest BCUT2D eigenvalue weighted by atomic mass is 32.2. The Balaban J connectivity index is 2.48. The number of aromatic nitrogens is 2. The van der Waals surface area contributed by atoms with Gasteiger partial charge in [-0.2, -0.15) is 11.8 Å². The van der Waals surface area contributed by atoms with Crippen molar-refractivity contribution in [2.75, 3.05) is 12.0 Å². The van der Waals surface area contributed by atoms with Crippen LogP contribution in [0, 0.1) is 0 Å². The maximum absolute atomic E-state index is 5.89. The Kier molecular flexibility index (Phi) is 4.04. The molecule has 1 atom stereocenters. The van der Waals surface area contributed by atoms with Crippen LogP contribution in [0.25, 0.3) is 0 Å². The molecule has 1 rings (SSSR count). The van der Waals surface area contributed by atoms with Crippen molar-refractivity contribution in [1.29, 1.82) is 0 Å². The van der Waals surface area contributed by atoms with Crippen LogP contribution in [-0.4, -0.2) is 22.0 Å². The van der Waals surface area contributed by atoms with Gasteiger partial charge in [-0.15, -0.1) is 0 Å². The van der Waals surface area contributed by atoms with E-state index in [4.69, 9.17) is 5.73 Å². The molecule has 0 aliphatic heterocycles. The van der Waals surface area contributed by atoms with E-state index in [0.717, 1.165) is 17.7 Å². The van der Waals surface area contributed by atoms with Crippen LogP contribution in [0.2, 0.25) is 0 Å². The number of nitrogens with zero attached hydrogens (tertiary/aromatic N) is 2. The molecule has 0 aliphatic rings. The fraction of sp³-hybridized carbons (Fsp3) is 0.500. The molecule has 66 valence electrons. The van der Waals surface area contributed by atoms with Gasteiger partial charge < -0.3 is 5.73 Å². The molecule has 0 radical (unpaired) electrons. The lowest BCUT2D eigenvalue weighted by Crippen LogP contribution is -2.11. The van der Waals surface area contributed by atoms with E-state index in [9.17, 15) is 0 Å². The second kappa shape index (κ2) is 5.11. The van der Waals surface area contributed by atoms with E-state index in [1.165, 1.54) is 6.33 Å². The van der Waals surface area contributed by atoms with E-state index in [0.29, 0.717) is 0 Å². The standard InChI is InChI=1S/C8H13N3S/c1-12-3-2-8(9)7-4-10-6-11-5-7/h4-6,8H,2-3,9H2,1H3. The predicted molar refractivity (Wildman–Crippen MR) is 52.0 cm³/mol. The minimum atomic E-state index is 0.0821. The Bertz CT molecular complexity index is 215. The Hall–Kier alpha value is -0.610.